The van der Waals surface area contributed by atoms with Crippen molar-refractivity contribution in [1.29, 1.82) is 0 Å². The van der Waals surface area contributed by atoms with Crippen LogP contribution in [0.3, 0.4) is 0 Å². The van der Waals surface area contributed by atoms with E-state index in [-0.39, 0.29) is 31.4 Å². The lowest BCUT2D eigenvalue weighted by atomic mass is 9.71. The van der Waals surface area contributed by atoms with Gasteiger partial charge in [0.1, 0.15) is 30.5 Å². The van der Waals surface area contributed by atoms with E-state index in [0.717, 1.165) is 5.56 Å². The second kappa shape index (κ2) is 9.72. The first-order chi connectivity index (χ1) is 17.0. The molecule has 1 aliphatic carbocycles. The Morgan fingerprint density at radius 1 is 0.943 bits per heavy atom. The van der Waals surface area contributed by atoms with Gasteiger partial charge in [-0.15, -0.1) is 23.2 Å². The number of hydrogen-bond donors (Lipinski definition) is 2. The molecule has 2 aliphatic rings. The van der Waals surface area contributed by atoms with Gasteiger partial charge in [0.2, 0.25) is 0 Å². The predicted octanol–water partition coefficient (Wildman–Crippen LogP) is 5.60. The molecular weight excluding hydrogens is 511 g/mol. The molecule has 2 N–H and O–H groups in total. The number of aliphatic hydroxyl groups is 2. The lowest BCUT2D eigenvalue weighted by molar-refractivity contribution is -0.150. The van der Waals surface area contributed by atoms with Crippen molar-refractivity contribution in [1.82, 2.24) is 0 Å². The normalized spacial score (nSPS) is 26.7. The maximum absolute atomic E-state index is 12.5. The smallest absolute Gasteiger partial charge is 0.176 e. The largest absolute Gasteiger partial charge is 0.492 e. The van der Waals surface area contributed by atoms with Crippen LogP contribution in [0.1, 0.15) is 29.0 Å². The number of fused-ring (bicyclic) bond motifs is 3. The molecule has 5 rings (SSSR count). The van der Waals surface area contributed by atoms with Crippen molar-refractivity contribution >= 4 is 34.8 Å². The molecule has 0 saturated heterocycles. The molecule has 3 aromatic carbocycles. The minimum absolute atomic E-state index is 0.204. The lowest BCUT2D eigenvalue weighted by Crippen LogP contribution is -2.52. The second-order valence-electron chi connectivity index (χ2n) is 8.70. The summed E-state index contributed by atoms with van der Waals surface area (Å²) in [6.45, 7) is 0.492. The summed E-state index contributed by atoms with van der Waals surface area (Å²) in [6.07, 6.45) is -0.861. The summed E-state index contributed by atoms with van der Waals surface area (Å²) in [5, 5.41) is 24.6. The summed E-state index contributed by atoms with van der Waals surface area (Å²) in [4.78, 5) is 0. The maximum atomic E-state index is 12.5. The third-order valence-corrected chi connectivity index (χ3v) is 7.41. The monoisotopic (exact) mass is 534 g/mol. The fourth-order valence-corrected chi connectivity index (χ4v) is 5.79. The average molecular weight is 536 g/mol. The summed E-state index contributed by atoms with van der Waals surface area (Å²) in [5.74, 6) is 1.39. The van der Waals surface area contributed by atoms with E-state index in [1.165, 1.54) is 0 Å². The van der Waals surface area contributed by atoms with Gasteiger partial charge >= 0.3 is 0 Å². The van der Waals surface area contributed by atoms with Gasteiger partial charge in [0.15, 0.2) is 11.2 Å². The third-order valence-electron chi connectivity index (χ3n) is 6.85. The third kappa shape index (κ3) is 3.85. The van der Waals surface area contributed by atoms with Gasteiger partial charge < -0.3 is 24.4 Å². The highest BCUT2D eigenvalue weighted by atomic mass is 35.5. The van der Waals surface area contributed by atoms with E-state index in [2.05, 4.69) is 0 Å². The Morgan fingerprint density at radius 3 is 2.31 bits per heavy atom. The van der Waals surface area contributed by atoms with Gasteiger partial charge in [-0.05, 0) is 29.7 Å². The zero-order chi connectivity index (χ0) is 24.6. The number of ether oxygens (including phenoxy) is 3. The molecule has 8 heteroatoms. The van der Waals surface area contributed by atoms with Crippen molar-refractivity contribution < 1.29 is 24.4 Å². The Kier molecular flexibility index (Phi) is 6.81. The fraction of sp³-hybridized carbons (Fsp3) is 0.333. The first-order valence-corrected chi connectivity index (χ1v) is 12.9. The number of alkyl halides is 2. The summed E-state index contributed by atoms with van der Waals surface area (Å²) in [5.41, 5.74) is -1.15. The first-order valence-electron chi connectivity index (χ1n) is 11.4. The predicted molar refractivity (Wildman–Crippen MR) is 136 cm³/mol. The van der Waals surface area contributed by atoms with Gasteiger partial charge in [0.25, 0.3) is 0 Å². The van der Waals surface area contributed by atoms with Crippen LogP contribution in [-0.2, 0) is 11.2 Å². The Balaban J connectivity index is 1.75. The van der Waals surface area contributed by atoms with Gasteiger partial charge in [0, 0.05) is 23.1 Å². The topological polar surface area (TPSA) is 68.2 Å². The molecule has 1 fully saturated rings. The highest BCUT2D eigenvalue weighted by Gasteiger charge is 2.73. The standard InChI is InChI=1S/C27H25Cl3O5/c28-10-12-33-20-14-22(34-13-11-29)25-23(15-20)35-27(18-6-8-19(30)9-7-18)21(16-24(31)26(25,27)32)17-4-2-1-3-5-17/h1-9,14-15,21,24,31-32H,10-13,16H2/t21-,24+,26+,27-/m0/s1. The van der Waals surface area contributed by atoms with Crippen LogP contribution < -0.4 is 14.2 Å². The first kappa shape index (κ1) is 24.5. The van der Waals surface area contributed by atoms with Crippen LogP contribution in [0.4, 0.5) is 0 Å². The van der Waals surface area contributed by atoms with Crippen LogP contribution in [0.5, 0.6) is 17.2 Å². The zero-order valence-electron chi connectivity index (χ0n) is 18.8. The molecule has 184 valence electrons. The van der Waals surface area contributed by atoms with E-state index in [1.54, 1.807) is 24.3 Å². The molecule has 1 heterocycles. The number of hydrogen-bond acceptors (Lipinski definition) is 5. The lowest BCUT2D eigenvalue weighted by Gasteiger charge is -2.40. The average Bonchev–Trinajstić information content (AvgIpc) is 3.27. The second-order valence-corrected chi connectivity index (χ2v) is 9.89. The molecule has 0 radical (unpaired) electrons. The number of benzene rings is 3. The Hall–Kier alpha value is -2.15. The molecule has 0 aromatic heterocycles. The van der Waals surface area contributed by atoms with Crippen LogP contribution in [0, 0.1) is 0 Å². The molecule has 0 spiro atoms. The van der Waals surface area contributed by atoms with E-state index in [0.29, 0.717) is 39.3 Å². The molecule has 1 saturated carbocycles. The molecule has 0 bridgehead atoms. The number of rotatable bonds is 8. The van der Waals surface area contributed by atoms with E-state index < -0.39 is 17.3 Å². The van der Waals surface area contributed by atoms with Gasteiger partial charge in [-0.1, -0.05) is 54.1 Å². The number of halogens is 3. The molecular formula is C27H25Cl3O5. The molecule has 0 amide bonds. The highest BCUT2D eigenvalue weighted by Crippen LogP contribution is 2.68. The van der Waals surface area contributed by atoms with Crippen molar-refractivity contribution in [2.75, 3.05) is 25.0 Å². The van der Waals surface area contributed by atoms with E-state index in [1.807, 2.05) is 42.5 Å². The van der Waals surface area contributed by atoms with Gasteiger partial charge in [-0.3, -0.25) is 0 Å². The Morgan fingerprint density at radius 2 is 1.63 bits per heavy atom. The molecule has 3 aromatic rings. The quantitative estimate of drug-likeness (QED) is 0.368. The fourth-order valence-electron chi connectivity index (χ4n) is 5.51. The molecule has 35 heavy (non-hydrogen) atoms. The summed E-state index contributed by atoms with van der Waals surface area (Å²) < 4.78 is 18.5. The molecule has 5 nitrogen and oxygen atoms in total. The van der Waals surface area contributed by atoms with Crippen molar-refractivity contribution in [3.63, 3.8) is 0 Å². The summed E-state index contributed by atoms with van der Waals surface area (Å²) in [7, 11) is 0. The van der Waals surface area contributed by atoms with Gasteiger partial charge in [0.05, 0.1) is 23.4 Å². The van der Waals surface area contributed by atoms with Gasteiger partial charge in [-0.2, -0.15) is 0 Å². The van der Waals surface area contributed by atoms with Crippen LogP contribution in [-0.4, -0.2) is 41.3 Å². The van der Waals surface area contributed by atoms with E-state index in [9.17, 15) is 10.2 Å². The minimum atomic E-state index is -1.82. The zero-order valence-corrected chi connectivity index (χ0v) is 21.1. The van der Waals surface area contributed by atoms with Crippen LogP contribution in [0.15, 0.2) is 66.7 Å². The van der Waals surface area contributed by atoms with Gasteiger partial charge in [-0.25, -0.2) is 0 Å². The highest BCUT2D eigenvalue weighted by molar-refractivity contribution is 6.30. The summed E-state index contributed by atoms with van der Waals surface area (Å²) in [6, 6.07) is 20.3. The Labute approximate surface area is 219 Å². The molecule has 0 unspecified atom stereocenters. The maximum Gasteiger partial charge on any atom is 0.176 e. The minimum Gasteiger partial charge on any atom is -0.492 e. The van der Waals surface area contributed by atoms with Crippen molar-refractivity contribution in [3.8, 4) is 17.2 Å². The van der Waals surface area contributed by atoms with Crippen LogP contribution in [0.25, 0.3) is 0 Å². The van der Waals surface area contributed by atoms with Crippen LogP contribution in [0.2, 0.25) is 5.02 Å². The molecule has 1 aliphatic heterocycles. The van der Waals surface area contributed by atoms with Crippen molar-refractivity contribution in [2.45, 2.75) is 29.6 Å². The van der Waals surface area contributed by atoms with Crippen molar-refractivity contribution in [2.24, 2.45) is 0 Å². The SMILES string of the molecule is O[C@@H]1C[C@@H](c2ccccc2)[C@]2(c3ccc(Cl)cc3)Oc3cc(OCCCl)cc(OCCCl)c3[C@]12O. The van der Waals surface area contributed by atoms with Crippen molar-refractivity contribution in [3.05, 3.63) is 88.4 Å². The Bertz CT molecular complexity index is 1190. The summed E-state index contributed by atoms with van der Waals surface area (Å²) >= 11 is 17.9. The number of aliphatic hydroxyl groups excluding tert-OH is 1. The molecule has 4 atom stereocenters. The van der Waals surface area contributed by atoms with E-state index >= 15 is 0 Å². The van der Waals surface area contributed by atoms with E-state index in [4.69, 9.17) is 49.0 Å². The van der Waals surface area contributed by atoms with Crippen LogP contribution >= 0.6 is 34.8 Å².